The van der Waals surface area contributed by atoms with Crippen molar-refractivity contribution in [3.63, 3.8) is 0 Å². The summed E-state index contributed by atoms with van der Waals surface area (Å²) < 4.78 is 13.2. The van der Waals surface area contributed by atoms with Gasteiger partial charge in [-0.1, -0.05) is 35.9 Å². The van der Waals surface area contributed by atoms with E-state index >= 15 is 0 Å². The van der Waals surface area contributed by atoms with Crippen molar-refractivity contribution >= 4 is 35.2 Å². The molecule has 0 spiro atoms. The molecule has 1 heterocycles. The van der Waals surface area contributed by atoms with Crippen LogP contribution in [0.5, 0.6) is 17.4 Å². The number of halogens is 1. The molecule has 0 bridgehead atoms. The van der Waals surface area contributed by atoms with Crippen LogP contribution in [0, 0.1) is 4.77 Å². The summed E-state index contributed by atoms with van der Waals surface area (Å²) in [6, 6.07) is 20.5. The average molecular weight is 495 g/mol. The van der Waals surface area contributed by atoms with Gasteiger partial charge in [-0.25, -0.2) is 0 Å². The highest BCUT2D eigenvalue weighted by molar-refractivity contribution is 7.71. The Morgan fingerprint density at radius 3 is 2.24 bits per heavy atom. The fourth-order valence-electron chi connectivity index (χ4n) is 3.30. The Labute approximate surface area is 204 Å². The molecule has 0 atom stereocenters. The van der Waals surface area contributed by atoms with Gasteiger partial charge in [0.1, 0.15) is 17.2 Å². The first-order valence-electron chi connectivity index (χ1n) is 10.0. The summed E-state index contributed by atoms with van der Waals surface area (Å²) >= 11 is 11.8. The van der Waals surface area contributed by atoms with Crippen LogP contribution in [-0.2, 0) is 0 Å². The molecule has 34 heavy (non-hydrogen) atoms. The second-order valence-corrected chi connectivity index (χ2v) is 7.72. The second-order valence-electron chi connectivity index (χ2n) is 6.95. The fourth-order valence-corrected chi connectivity index (χ4v) is 3.85. The van der Waals surface area contributed by atoms with E-state index in [-0.39, 0.29) is 10.5 Å². The van der Waals surface area contributed by atoms with Crippen molar-refractivity contribution in [3.05, 3.63) is 92.9 Å². The van der Waals surface area contributed by atoms with Gasteiger partial charge in [0, 0.05) is 0 Å². The highest BCUT2D eigenvalue weighted by Gasteiger charge is 2.21. The molecule has 1 aromatic heterocycles. The van der Waals surface area contributed by atoms with E-state index in [1.165, 1.54) is 16.2 Å². The van der Waals surface area contributed by atoms with Gasteiger partial charge in [0.25, 0.3) is 5.56 Å². The molecular weight excluding hydrogens is 476 g/mol. The zero-order valence-electron chi connectivity index (χ0n) is 18.2. The van der Waals surface area contributed by atoms with Crippen LogP contribution in [0.4, 0.5) is 11.4 Å². The van der Waals surface area contributed by atoms with Gasteiger partial charge in [-0.15, -0.1) is 10.2 Å². The third-order valence-electron chi connectivity index (χ3n) is 4.98. The minimum absolute atomic E-state index is 0.00820. The molecule has 172 valence electrons. The van der Waals surface area contributed by atoms with E-state index in [9.17, 15) is 9.90 Å². The van der Waals surface area contributed by atoms with Crippen molar-refractivity contribution in [1.82, 2.24) is 9.13 Å². The van der Waals surface area contributed by atoms with Crippen molar-refractivity contribution in [3.8, 4) is 28.8 Å². The third kappa shape index (κ3) is 4.30. The molecule has 8 nitrogen and oxygen atoms in total. The number of hydrogen-bond acceptors (Lipinski definition) is 7. The maximum absolute atomic E-state index is 13.5. The highest BCUT2D eigenvalue weighted by Crippen LogP contribution is 2.33. The molecular formula is C24H19ClN4O4S. The summed E-state index contributed by atoms with van der Waals surface area (Å²) in [4.78, 5) is 13.5. The Kier molecular flexibility index (Phi) is 6.76. The van der Waals surface area contributed by atoms with Crippen molar-refractivity contribution in [2.45, 2.75) is 0 Å². The van der Waals surface area contributed by atoms with Crippen LogP contribution in [0.25, 0.3) is 11.4 Å². The topological polar surface area (TPSA) is 90.3 Å². The highest BCUT2D eigenvalue weighted by atomic mass is 35.5. The van der Waals surface area contributed by atoms with Crippen LogP contribution in [-0.4, -0.2) is 28.5 Å². The summed E-state index contributed by atoms with van der Waals surface area (Å²) in [6.07, 6.45) is 0. The smallest absolute Gasteiger partial charge is 0.290 e. The van der Waals surface area contributed by atoms with Crippen LogP contribution in [0.15, 0.2) is 87.8 Å². The lowest BCUT2D eigenvalue weighted by Crippen LogP contribution is -2.23. The molecule has 4 rings (SSSR count). The normalized spacial score (nSPS) is 11.0. The van der Waals surface area contributed by atoms with Gasteiger partial charge in [-0.2, -0.15) is 0 Å². The molecule has 0 aliphatic rings. The quantitative estimate of drug-likeness (QED) is 0.256. The van der Waals surface area contributed by atoms with Crippen LogP contribution < -0.4 is 15.0 Å². The van der Waals surface area contributed by atoms with Gasteiger partial charge in [0.15, 0.2) is 4.77 Å². The van der Waals surface area contributed by atoms with Crippen molar-refractivity contribution < 1.29 is 14.6 Å². The van der Waals surface area contributed by atoms with Gasteiger partial charge in [0.2, 0.25) is 11.6 Å². The van der Waals surface area contributed by atoms with E-state index in [4.69, 9.17) is 33.3 Å². The Morgan fingerprint density at radius 1 is 0.882 bits per heavy atom. The van der Waals surface area contributed by atoms with E-state index in [1.54, 1.807) is 79.9 Å². The number of hydrogen-bond donors (Lipinski definition) is 1. The molecule has 0 aliphatic heterocycles. The molecule has 1 N–H and O–H groups in total. The minimum Gasteiger partial charge on any atom is -0.497 e. The predicted molar refractivity (Wildman–Crippen MR) is 133 cm³/mol. The Balaban J connectivity index is 2.03. The first kappa shape index (κ1) is 23.2. The van der Waals surface area contributed by atoms with E-state index < -0.39 is 11.4 Å². The first-order valence-corrected chi connectivity index (χ1v) is 10.8. The van der Waals surface area contributed by atoms with E-state index in [0.717, 1.165) is 0 Å². The lowest BCUT2D eigenvalue weighted by Gasteiger charge is -2.17. The molecule has 0 saturated heterocycles. The van der Waals surface area contributed by atoms with Gasteiger partial charge in [-0.05, 0) is 60.7 Å². The third-order valence-corrected chi connectivity index (χ3v) is 5.66. The maximum atomic E-state index is 13.5. The molecule has 4 aromatic rings. The van der Waals surface area contributed by atoms with Gasteiger partial charge >= 0.3 is 0 Å². The minimum atomic E-state index is -0.658. The van der Waals surface area contributed by atoms with E-state index in [2.05, 4.69) is 10.2 Å². The van der Waals surface area contributed by atoms with Crippen molar-refractivity contribution in [1.29, 1.82) is 0 Å². The molecule has 0 amide bonds. The first-order chi connectivity index (χ1) is 16.5. The molecule has 0 saturated carbocycles. The van der Waals surface area contributed by atoms with Gasteiger partial charge in [-0.3, -0.25) is 13.9 Å². The zero-order chi connectivity index (χ0) is 24.2. The number of methoxy groups -OCH3 is 2. The molecule has 3 aromatic carbocycles. The molecule has 0 fully saturated rings. The lowest BCUT2D eigenvalue weighted by atomic mass is 10.2. The summed E-state index contributed by atoms with van der Waals surface area (Å²) in [5.74, 6) is 0.556. The van der Waals surface area contributed by atoms with Crippen LogP contribution in [0.3, 0.4) is 0 Å². The van der Waals surface area contributed by atoms with E-state index in [0.29, 0.717) is 33.6 Å². The van der Waals surface area contributed by atoms with Gasteiger partial charge < -0.3 is 14.6 Å². The summed E-state index contributed by atoms with van der Waals surface area (Å²) in [5, 5.41) is 19.6. The molecule has 0 unspecified atom stereocenters. The zero-order valence-corrected chi connectivity index (χ0v) is 19.7. The summed E-state index contributed by atoms with van der Waals surface area (Å²) in [7, 11) is 3.04. The SMILES string of the molecule is COc1ccc(-n2c(=O)c(N=Nc3ccccc3Cl)c(O)n(-c3ccccc3OC)c2=S)cc1. The summed E-state index contributed by atoms with van der Waals surface area (Å²) in [6.45, 7) is 0. The number of ether oxygens (including phenoxy) is 2. The number of azo groups is 1. The number of benzene rings is 3. The Morgan fingerprint density at radius 2 is 1.56 bits per heavy atom. The standard InChI is InChI=1S/C24H19ClN4O4S/c1-32-16-13-11-15(12-14-16)28-22(30)21(27-26-18-8-4-3-7-17(18)25)23(31)29(24(28)34)19-9-5-6-10-20(19)33-2/h3-14,31H,1-2H3. The number of rotatable bonds is 6. The monoisotopic (exact) mass is 494 g/mol. The number of nitrogens with zero attached hydrogens (tertiary/aromatic N) is 4. The van der Waals surface area contributed by atoms with Gasteiger partial charge in [0.05, 0.1) is 30.6 Å². The van der Waals surface area contributed by atoms with Crippen molar-refractivity contribution in [2.75, 3.05) is 14.2 Å². The van der Waals surface area contributed by atoms with Crippen molar-refractivity contribution in [2.24, 2.45) is 10.2 Å². The Hall–Kier alpha value is -3.95. The number of aromatic hydroxyl groups is 1. The fraction of sp³-hybridized carbons (Fsp3) is 0.0833. The Bertz CT molecular complexity index is 1500. The molecule has 10 heteroatoms. The van der Waals surface area contributed by atoms with Crippen LogP contribution in [0.2, 0.25) is 5.02 Å². The van der Waals surface area contributed by atoms with E-state index in [1.807, 2.05) is 0 Å². The molecule has 0 radical (unpaired) electrons. The predicted octanol–water partition coefficient (Wildman–Crippen LogP) is 6.15. The van der Waals surface area contributed by atoms with Crippen LogP contribution >= 0.6 is 23.8 Å². The maximum Gasteiger partial charge on any atom is 0.290 e. The number of para-hydroxylation sites is 2. The summed E-state index contributed by atoms with van der Waals surface area (Å²) in [5.41, 5.74) is 0.229. The lowest BCUT2D eigenvalue weighted by molar-refractivity contribution is 0.402. The average Bonchev–Trinajstić information content (AvgIpc) is 2.85. The second kappa shape index (κ2) is 9.90. The largest absolute Gasteiger partial charge is 0.497 e. The molecule has 0 aliphatic carbocycles. The number of aromatic nitrogens is 2. The van der Waals surface area contributed by atoms with Crippen LogP contribution in [0.1, 0.15) is 0 Å².